The number of ether oxygens (including phenoxy) is 1. The Hall–Kier alpha value is -0.580. The molecule has 0 amide bonds. The Labute approximate surface area is 75.1 Å². The standard InChI is InChI=1S/C8H13F3O2/c1-3-4-5-7(6(2)12)13-8(9,10)11/h7H,3-5H2,1-2H3. The zero-order valence-corrected chi connectivity index (χ0v) is 7.65. The summed E-state index contributed by atoms with van der Waals surface area (Å²) in [6, 6.07) is 0. The first-order chi connectivity index (χ1) is 5.87. The first-order valence-corrected chi connectivity index (χ1v) is 4.11. The maximum Gasteiger partial charge on any atom is 0.523 e. The number of rotatable bonds is 5. The van der Waals surface area contributed by atoms with E-state index in [0.29, 0.717) is 6.42 Å². The number of ketones is 1. The molecule has 0 aliphatic carbocycles. The second kappa shape index (κ2) is 5.21. The first kappa shape index (κ1) is 12.4. The van der Waals surface area contributed by atoms with E-state index >= 15 is 0 Å². The Kier molecular flexibility index (Phi) is 4.98. The van der Waals surface area contributed by atoms with Crippen molar-refractivity contribution < 1.29 is 22.7 Å². The van der Waals surface area contributed by atoms with Gasteiger partial charge < -0.3 is 0 Å². The Balaban J connectivity index is 4.03. The molecular weight excluding hydrogens is 185 g/mol. The van der Waals surface area contributed by atoms with Gasteiger partial charge in [-0.1, -0.05) is 19.8 Å². The lowest BCUT2D eigenvalue weighted by molar-refractivity contribution is -0.337. The Morgan fingerprint density at radius 3 is 2.31 bits per heavy atom. The van der Waals surface area contributed by atoms with Crippen molar-refractivity contribution in [3.05, 3.63) is 0 Å². The highest BCUT2D eigenvalue weighted by molar-refractivity contribution is 5.80. The summed E-state index contributed by atoms with van der Waals surface area (Å²) in [4.78, 5) is 10.7. The second-order valence-corrected chi connectivity index (χ2v) is 2.81. The predicted octanol–water partition coefficient (Wildman–Crippen LogP) is 2.67. The van der Waals surface area contributed by atoms with Crippen LogP contribution in [0.25, 0.3) is 0 Å². The minimum absolute atomic E-state index is 0.130. The van der Waals surface area contributed by atoms with Gasteiger partial charge in [0.25, 0.3) is 0 Å². The fraction of sp³-hybridized carbons (Fsp3) is 0.875. The maximum atomic E-state index is 11.7. The number of carbonyl (C=O) groups excluding carboxylic acids is 1. The minimum Gasteiger partial charge on any atom is -0.297 e. The third-order valence-electron chi connectivity index (χ3n) is 1.55. The quantitative estimate of drug-likeness (QED) is 0.678. The highest BCUT2D eigenvalue weighted by Gasteiger charge is 2.34. The molecule has 2 nitrogen and oxygen atoms in total. The van der Waals surface area contributed by atoms with Crippen LogP contribution in [0.5, 0.6) is 0 Å². The molecule has 1 atom stereocenters. The summed E-state index contributed by atoms with van der Waals surface area (Å²) in [6.45, 7) is 2.94. The van der Waals surface area contributed by atoms with Crippen molar-refractivity contribution >= 4 is 5.78 Å². The zero-order valence-electron chi connectivity index (χ0n) is 7.65. The van der Waals surface area contributed by atoms with Crippen LogP contribution in [0.2, 0.25) is 0 Å². The highest BCUT2D eigenvalue weighted by atomic mass is 19.4. The number of carbonyl (C=O) groups is 1. The molecule has 0 rings (SSSR count). The van der Waals surface area contributed by atoms with Gasteiger partial charge >= 0.3 is 6.36 Å². The maximum absolute atomic E-state index is 11.7. The number of unbranched alkanes of at least 4 members (excludes halogenated alkanes) is 1. The molecule has 0 bridgehead atoms. The van der Waals surface area contributed by atoms with Crippen LogP contribution in [0.15, 0.2) is 0 Å². The summed E-state index contributed by atoms with van der Waals surface area (Å²) >= 11 is 0. The molecule has 0 fully saturated rings. The van der Waals surface area contributed by atoms with Crippen molar-refractivity contribution in [3.63, 3.8) is 0 Å². The van der Waals surface area contributed by atoms with Gasteiger partial charge in [0.1, 0.15) is 6.10 Å². The van der Waals surface area contributed by atoms with E-state index in [9.17, 15) is 18.0 Å². The van der Waals surface area contributed by atoms with Gasteiger partial charge in [-0.2, -0.15) is 0 Å². The van der Waals surface area contributed by atoms with Gasteiger partial charge in [-0.05, 0) is 13.3 Å². The third-order valence-corrected chi connectivity index (χ3v) is 1.55. The van der Waals surface area contributed by atoms with Gasteiger partial charge in [0.2, 0.25) is 0 Å². The van der Waals surface area contributed by atoms with E-state index in [4.69, 9.17) is 0 Å². The molecule has 0 aromatic rings. The molecule has 1 unspecified atom stereocenters. The molecule has 5 heteroatoms. The summed E-state index contributed by atoms with van der Waals surface area (Å²) in [5.41, 5.74) is 0. The number of hydrogen-bond donors (Lipinski definition) is 0. The summed E-state index contributed by atoms with van der Waals surface area (Å²) in [5, 5.41) is 0. The van der Waals surface area contributed by atoms with Crippen molar-refractivity contribution in [2.24, 2.45) is 0 Å². The van der Waals surface area contributed by atoms with Gasteiger partial charge in [-0.25, -0.2) is 0 Å². The molecule has 0 aliphatic rings. The van der Waals surface area contributed by atoms with E-state index in [0.717, 1.165) is 13.3 Å². The van der Waals surface area contributed by atoms with E-state index in [1.54, 1.807) is 0 Å². The predicted molar refractivity (Wildman–Crippen MR) is 41.1 cm³/mol. The lowest BCUT2D eigenvalue weighted by Gasteiger charge is -2.16. The average molecular weight is 198 g/mol. The van der Waals surface area contributed by atoms with Gasteiger partial charge in [0.05, 0.1) is 0 Å². The lowest BCUT2D eigenvalue weighted by Crippen LogP contribution is -2.29. The van der Waals surface area contributed by atoms with Crippen LogP contribution in [-0.2, 0) is 9.53 Å². The van der Waals surface area contributed by atoms with Gasteiger partial charge in [0.15, 0.2) is 5.78 Å². The van der Waals surface area contributed by atoms with E-state index < -0.39 is 18.2 Å². The normalized spacial score (nSPS) is 14.2. The lowest BCUT2D eigenvalue weighted by atomic mass is 10.1. The van der Waals surface area contributed by atoms with E-state index in [2.05, 4.69) is 4.74 Å². The Morgan fingerprint density at radius 1 is 1.46 bits per heavy atom. The molecule has 0 aromatic heterocycles. The smallest absolute Gasteiger partial charge is 0.297 e. The van der Waals surface area contributed by atoms with Crippen molar-refractivity contribution in [1.29, 1.82) is 0 Å². The number of hydrogen-bond acceptors (Lipinski definition) is 2. The highest BCUT2D eigenvalue weighted by Crippen LogP contribution is 2.21. The number of alkyl halides is 3. The van der Waals surface area contributed by atoms with Crippen molar-refractivity contribution in [2.45, 2.75) is 45.6 Å². The summed E-state index contributed by atoms with van der Waals surface area (Å²) in [7, 11) is 0. The molecule has 0 saturated heterocycles. The average Bonchev–Trinajstić information content (AvgIpc) is 1.95. The fourth-order valence-electron chi connectivity index (χ4n) is 0.896. The second-order valence-electron chi connectivity index (χ2n) is 2.81. The van der Waals surface area contributed by atoms with Crippen LogP contribution in [0.3, 0.4) is 0 Å². The van der Waals surface area contributed by atoms with Crippen LogP contribution >= 0.6 is 0 Å². The van der Waals surface area contributed by atoms with E-state index in [1.165, 1.54) is 0 Å². The summed E-state index contributed by atoms with van der Waals surface area (Å²) in [5.74, 6) is -0.578. The molecule has 78 valence electrons. The summed E-state index contributed by atoms with van der Waals surface area (Å²) in [6.07, 6.45) is -4.62. The zero-order chi connectivity index (χ0) is 10.5. The molecule has 0 radical (unpaired) electrons. The largest absolute Gasteiger partial charge is 0.523 e. The SMILES string of the molecule is CCCCC(OC(F)(F)F)C(C)=O. The monoisotopic (exact) mass is 198 g/mol. The minimum atomic E-state index is -4.72. The Bertz CT molecular complexity index is 165. The van der Waals surface area contributed by atoms with E-state index in [1.807, 2.05) is 6.92 Å². The molecule has 0 heterocycles. The van der Waals surface area contributed by atoms with Crippen LogP contribution in [0.4, 0.5) is 13.2 Å². The fourth-order valence-corrected chi connectivity index (χ4v) is 0.896. The van der Waals surface area contributed by atoms with Gasteiger partial charge in [0, 0.05) is 0 Å². The van der Waals surface area contributed by atoms with Crippen LogP contribution in [0, 0.1) is 0 Å². The number of halogens is 3. The summed E-state index contributed by atoms with van der Waals surface area (Å²) < 4.78 is 38.8. The number of Topliss-reactive ketones (excluding diaryl/α,β-unsaturated/α-hetero) is 1. The van der Waals surface area contributed by atoms with Crippen molar-refractivity contribution in [3.8, 4) is 0 Å². The van der Waals surface area contributed by atoms with E-state index in [-0.39, 0.29) is 6.42 Å². The topological polar surface area (TPSA) is 26.3 Å². The van der Waals surface area contributed by atoms with Crippen LogP contribution < -0.4 is 0 Å². The van der Waals surface area contributed by atoms with Gasteiger partial charge in [-0.15, -0.1) is 13.2 Å². The van der Waals surface area contributed by atoms with Gasteiger partial charge in [-0.3, -0.25) is 9.53 Å². The van der Waals surface area contributed by atoms with Crippen molar-refractivity contribution in [2.75, 3.05) is 0 Å². The molecule has 0 aromatic carbocycles. The molecule has 0 N–H and O–H groups in total. The molecule has 0 aliphatic heterocycles. The van der Waals surface area contributed by atoms with Crippen LogP contribution in [-0.4, -0.2) is 18.2 Å². The van der Waals surface area contributed by atoms with Crippen LogP contribution in [0.1, 0.15) is 33.1 Å². The molecular formula is C8H13F3O2. The van der Waals surface area contributed by atoms with Crippen molar-refractivity contribution in [1.82, 2.24) is 0 Å². The molecule has 0 saturated carbocycles. The molecule has 0 spiro atoms. The third kappa shape index (κ3) is 6.57. The molecule has 13 heavy (non-hydrogen) atoms. The first-order valence-electron chi connectivity index (χ1n) is 4.11. The Morgan fingerprint density at radius 2 is 2.00 bits per heavy atom.